The van der Waals surface area contributed by atoms with Gasteiger partial charge in [0.15, 0.2) is 5.82 Å². The first-order valence-corrected chi connectivity index (χ1v) is 9.72. The average molecular weight is 458 g/mol. The molecule has 0 aliphatic carbocycles. The molecule has 33 heavy (non-hydrogen) atoms. The molecule has 4 aromatic rings. The smallest absolute Gasteiger partial charge is 0.394 e. The van der Waals surface area contributed by atoms with Crippen molar-refractivity contribution in [1.29, 1.82) is 0 Å². The molecule has 11 heteroatoms. The van der Waals surface area contributed by atoms with Gasteiger partial charge in [0.05, 0.1) is 34.6 Å². The Bertz CT molecular complexity index is 1420. The first-order valence-electron chi connectivity index (χ1n) is 9.72. The summed E-state index contributed by atoms with van der Waals surface area (Å²) in [5, 5.41) is 2.56. The fourth-order valence-corrected chi connectivity index (χ4v) is 3.62. The van der Waals surface area contributed by atoms with E-state index in [-0.39, 0.29) is 34.2 Å². The van der Waals surface area contributed by atoms with Crippen LogP contribution in [0.4, 0.5) is 35.0 Å². The topological polar surface area (TPSA) is 112 Å². The van der Waals surface area contributed by atoms with E-state index >= 15 is 0 Å². The molecule has 0 aliphatic rings. The number of nitrogens with two attached hydrogens (primary N) is 2. The highest BCUT2D eigenvalue weighted by Gasteiger charge is 2.34. The van der Waals surface area contributed by atoms with Crippen LogP contribution >= 0.6 is 0 Å². The van der Waals surface area contributed by atoms with Gasteiger partial charge in [-0.2, -0.15) is 18.2 Å². The van der Waals surface area contributed by atoms with Crippen LogP contribution in [0.25, 0.3) is 16.5 Å². The fraction of sp³-hybridized carbons (Fsp3) is 0.136. The average Bonchev–Trinajstić information content (AvgIpc) is 2.75. The molecule has 5 N–H and O–H groups in total. The van der Waals surface area contributed by atoms with Gasteiger partial charge in [-0.05, 0) is 42.6 Å². The summed E-state index contributed by atoms with van der Waals surface area (Å²) < 4.78 is 56.0. The monoisotopic (exact) mass is 458 g/mol. The largest absolute Gasteiger partial charge is 0.417 e. The molecule has 170 valence electrons. The number of nitrogens with zero attached hydrogens (tertiary/aromatic N) is 3. The van der Waals surface area contributed by atoms with E-state index in [0.29, 0.717) is 0 Å². The second-order valence-corrected chi connectivity index (χ2v) is 7.36. The number of rotatable bonds is 4. The zero-order valence-electron chi connectivity index (χ0n) is 17.2. The summed E-state index contributed by atoms with van der Waals surface area (Å²) in [4.78, 5) is 21.2. The van der Waals surface area contributed by atoms with E-state index in [1.54, 1.807) is 6.92 Å². The van der Waals surface area contributed by atoms with Gasteiger partial charge in [0, 0.05) is 5.69 Å². The standard InChI is InChI=1S/C22H18F4N6O/c1-11(30-19-16(27)10-29-21(28)31-19)17-8-12-4-2-7-15(22(24,25)26)18(12)20(33)32(17)14-6-3-5-13(23)9-14/h2-11H,27H2,1H3,(H3,28,29,30,31)/t11-/m0/s1. The lowest BCUT2D eigenvalue weighted by molar-refractivity contribution is -0.136. The number of nitrogen functional groups attached to an aromatic ring is 2. The first-order chi connectivity index (χ1) is 15.6. The van der Waals surface area contributed by atoms with E-state index in [0.717, 1.165) is 16.7 Å². The second kappa shape index (κ2) is 8.08. The Kier molecular flexibility index (Phi) is 5.40. The third kappa shape index (κ3) is 4.16. The van der Waals surface area contributed by atoms with Crippen molar-refractivity contribution in [2.75, 3.05) is 16.8 Å². The number of nitrogens with one attached hydrogen (secondary N) is 1. The predicted octanol–water partition coefficient (Wildman–Crippen LogP) is 4.28. The molecular weight excluding hydrogens is 440 g/mol. The second-order valence-electron chi connectivity index (χ2n) is 7.36. The van der Waals surface area contributed by atoms with E-state index in [2.05, 4.69) is 15.3 Å². The number of hydrogen-bond acceptors (Lipinski definition) is 6. The number of pyridine rings is 1. The van der Waals surface area contributed by atoms with Crippen molar-refractivity contribution in [2.24, 2.45) is 0 Å². The maximum atomic E-state index is 14.0. The number of halogens is 4. The van der Waals surface area contributed by atoms with Crippen LogP contribution < -0.4 is 22.3 Å². The summed E-state index contributed by atoms with van der Waals surface area (Å²) in [6.45, 7) is 1.65. The molecule has 0 amide bonds. The van der Waals surface area contributed by atoms with Crippen molar-refractivity contribution < 1.29 is 17.6 Å². The van der Waals surface area contributed by atoms with Crippen LogP contribution in [0.1, 0.15) is 24.2 Å². The van der Waals surface area contributed by atoms with Gasteiger partial charge in [-0.3, -0.25) is 9.36 Å². The Labute approximate surface area is 184 Å². The molecule has 7 nitrogen and oxygen atoms in total. The summed E-state index contributed by atoms with van der Waals surface area (Å²) in [5.41, 5.74) is 9.99. The van der Waals surface area contributed by atoms with Crippen LogP contribution in [-0.2, 0) is 6.18 Å². The van der Waals surface area contributed by atoms with Crippen LogP contribution in [-0.4, -0.2) is 14.5 Å². The van der Waals surface area contributed by atoms with Crippen molar-refractivity contribution >= 4 is 28.2 Å². The van der Waals surface area contributed by atoms with E-state index < -0.39 is 34.5 Å². The summed E-state index contributed by atoms with van der Waals surface area (Å²) in [7, 11) is 0. The molecule has 2 aromatic heterocycles. The van der Waals surface area contributed by atoms with Crippen molar-refractivity contribution in [2.45, 2.75) is 19.1 Å². The Morgan fingerprint density at radius 2 is 1.82 bits per heavy atom. The minimum Gasteiger partial charge on any atom is -0.394 e. The third-order valence-corrected chi connectivity index (χ3v) is 5.08. The van der Waals surface area contributed by atoms with Gasteiger partial charge < -0.3 is 16.8 Å². The molecule has 0 saturated heterocycles. The molecule has 2 heterocycles. The Morgan fingerprint density at radius 1 is 1.09 bits per heavy atom. The highest BCUT2D eigenvalue weighted by Crippen LogP contribution is 2.35. The number of fused-ring (bicyclic) bond motifs is 1. The Balaban J connectivity index is 2.00. The predicted molar refractivity (Wildman–Crippen MR) is 117 cm³/mol. The maximum Gasteiger partial charge on any atom is 0.417 e. The van der Waals surface area contributed by atoms with Crippen molar-refractivity contribution in [3.63, 3.8) is 0 Å². The van der Waals surface area contributed by atoms with Gasteiger partial charge >= 0.3 is 6.18 Å². The number of benzene rings is 2. The molecule has 0 radical (unpaired) electrons. The quantitative estimate of drug-likeness (QED) is 0.394. The molecule has 0 saturated carbocycles. The van der Waals surface area contributed by atoms with Crippen LogP contribution in [0.5, 0.6) is 0 Å². The van der Waals surface area contributed by atoms with Gasteiger partial charge in [0.1, 0.15) is 5.82 Å². The summed E-state index contributed by atoms with van der Waals surface area (Å²) in [6, 6.07) is 9.25. The number of aromatic nitrogens is 3. The lowest BCUT2D eigenvalue weighted by Crippen LogP contribution is -2.27. The van der Waals surface area contributed by atoms with Crippen molar-refractivity contribution in [3.8, 4) is 5.69 Å². The minimum absolute atomic E-state index is 0.0465. The Morgan fingerprint density at radius 3 is 2.52 bits per heavy atom. The zero-order valence-corrected chi connectivity index (χ0v) is 17.2. The van der Waals surface area contributed by atoms with Crippen molar-refractivity contribution in [3.05, 3.63) is 82.2 Å². The van der Waals surface area contributed by atoms with Crippen LogP contribution in [0, 0.1) is 5.82 Å². The molecular formula is C22H18F4N6O. The van der Waals surface area contributed by atoms with Crippen LogP contribution in [0.15, 0.2) is 59.5 Å². The van der Waals surface area contributed by atoms with E-state index in [1.807, 2.05) is 0 Å². The third-order valence-electron chi connectivity index (χ3n) is 5.08. The van der Waals surface area contributed by atoms with Crippen molar-refractivity contribution in [1.82, 2.24) is 14.5 Å². The normalized spacial score (nSPS) is 12.6. The SMILES string of the molecule is C[C@H](Nc1nc(N)ncc1N)c1cc2cccc(C(F)(F)F)c2c(=O)n1-c1cccc(F)c1. The molecule has 0 aliphatic heterocycles. The van der Waals surface area contributed by atoms with E-state index in [9.17, 15) is 22.4 Å². The van der Waals surface area contributed by atoms with Crippen LogP contribution in [0.2, 0.25) is 0 Å². The number of anilines is 3. The molecule has 1 atom stereocenters. The van der Waals surface area contributed by atoms with Gasteiger partial charge in [0.2, 0.25) is 5.95 Å². The minimum atomic E-state index is -4.75. The molecule has 2 aromatic carbocycles. The fourth-order valence-electron chi connectivity index (χ4n) is 3.62. The van der Waals surface area contributed by atoms with Gasteiger partial charge in [0.25, 0.3) is 5.56 Å². The zero-order chi connectivity index (χ0) is 23.9. The van der Waals surface area contributed by atoms with E-state index in [4.69, 9.17) is 11.5 Å². The molecule has 0 unspecified atom stereocenters. The lowest BCUT2D eigenvalue weighted by atomic mass is 10.0. The molecule has 4 rings (SSSR count). The Hall–Kier alpha value is -4.15. The van der Waals surface area contributed by atoms with Crippen LogP contribution in [0.3, 0.4) is 0 Å². The highest BCUT2D eigenvalue weighted by molar-refractivity contribution is 5.86. The lowest BCUT2D eigenvalue weighted by Gasteiger charge is -2.22. The van der Waals surface area contributed by atoms with E-state index in [1.165, 1.54) is 42.6 Å². The van der Waals surface area contributed by atoms with Gasteiger partial charge in [-0.1, -0.05) is 18.2 Å². The molecule has 0 fully saturated rings. The summed E-state index contributed by atoms with van der Waals surface area (Å²) >= 11 is 0. The summed E-state index contributed by atoms with van der Waals surface area (Å²) in [6.07, 6.45) is -3.45. The highest BCUT2D eigenvalue weighted by atomic mass is 19.4. The first kappa shape index (κ1) is 22.1. The molecule has 0 spiro atoms. The number of alkyl halides is 3. The summed E-state index contributed by atoms with van der Waals surface area (Å²) in [5.74, 6) is -0.518. The molecule has 0 bridgehead atoms. The van der Waals surface area contributed by atoms with Gasteiger partial charge in [-0.25, -0.2) is 9.37 Å². The number of hydrogen-bond donors (Lipinski definition) is 3. The van der Waals surface area contributed by atoms with Gasteiger partial charge in [-0.15, -0.1) is 0 Å². The maximum absolute atomic E-state index is 14.0.